The van der Waals surface area contributed by atoms with Crippen LogP contribution in [0.5, 0.6) is 0 Å². The van der Waals surface area contributed by atoms with Crippen LogP contribution in [0.1, 0.15) is 94.9 Å². The number of hydrogen-bond acceptors (Lipinski definition) is 5. The Bertz CT molecular complexity index is 646. The molecule has 7 nitrogen and oxygen atoms in total. The van der Waals surface area contributed by atoms with Crippen molar-refractivity contribution in [3.8, 4) is 0 Å². The highest BCUT2D eigenvalue weighted by Gasteiger charge is 2.37. The van der Waals surface area contributed by atoms with Gasteiger partial charge < -0.3 is 15.4 Å². The third-order valence-corrected chi connectivity index (χ3v) is 6.44. The Labute approximate surface area is 215 Å². The largest absolute Gasteiger partial charge is 0.379 e. The summed E-state index contributed by atoms with van der Waals surface area (Å²) < 4.78 is 8.70. The third-order valence-electron chi connectivity index (χ3n) is 5.68. The second-order valence-electron chi connectivity index (χ2n) is 11.8. The summed E-state index contributed by atoms with van der Waals surface area (Å²) in [5, 5.41) is 6.09. The molecule has 0 spiro atoms. The van der Waals surface area contributed by atoms with Gasteiger partial charge in [-0.2, -0.15) is 0 Å². The second kappa shape index (κ2) is 14.0. The van der Waals surface area contributed by atoms with Crippen molar-refractivity contribution in [2.45, 2.75) is 113 Å². The fourth-order valence-corrected chi connectivity index (χ4v) is 4.41. The summed E-state index contributed by atoms with van der Waals surface area (Å²) in [4.78, 5) is 37.4. The first-order valence-electron chi connectivity index (χ1n) is 12.0. The maximum atomic E-state index is 13.0. The molecule has 1 unspecified atom stereocenters. The number of halogens is 1. The lowest BCUT2D eigenvalue weighted by Crippen LogP contribution is -2.52. The molecule has 0 aromatic heterocycles. The summed E-state index contributed by atoms with van der Waals surface area (Å²) in [6, 6.07) is -0.383. The number of carbonyl (C=O) groups is 3. The molecule has 0 aliphatic carbocycles. The number of carbonyl (C=O) groups excluding carboxylic acids is 3. The molecule has 33 heavy (non-hydrogen) atoms. The fraction of sp³-hybridized carbons (Fsp3) is 0.880. The van der Waals surface area contributed by atoms with Crippen LogP contribution < -0.4 is 14.2 Å². The standard InChI is InChI=1S/C25H48IN3O4/c1-17(2)20(30)11-13-27-21(31)19(29-26)15-23(5,6)16-25(9,10)28-22(32)24(7,8)12-14-33-18(3)4/h17-19,29H,11-16H2,1-10H3,(H,27,31)(H,28,32). The van der Waals surface area contributed by atoms with Crippen molar-refractivity contribution < 1.29 is 19.1 Å². The first-order valence-corrected chi connectivity index (χ1v) is 13.1. The van der Waals surface area contributed by atoms with Crippen LogP contribution in [0, 0.1) is 16.7 Å². The lowest BCUT2D eigenvalue weighted by Gasteiger charge is -2.39. The van der Waals surface area contributed by atoms with E-state index in [0.717, 1.165) is 0 Å². The van der Waals surface area contributed by atoms with Crippen LogP contribution in [-0.4, -0.2) is 48.4 Å². The van der Waals surface area contributed by atoms with Gasteiger partial charge in [0.2, 0.25) is 11.8 Å². The molecule has 0 bridgehead atoms. The van der Waals surface area contributed by atoms with Gasteiger partial charge in [-0.15, -0.1) is 0 Å². The minimum Gasteiger partial charge on any atom is -0.379 e. The summed E-state index contributed by atoms with van der Waals surface area (Å²) in [5.74, 6) is 0.0178. The number of ether oxygens (including phenoxy) is 1. The Morgan fingerprint density at radius 3 is 2.03 bits per heavy atom. The van der Waals surface area contributed by atoms with Crippen molar-refractivity contribution in [3.05, 3.63) is 0 Å². The highest BCUT2D eigenvalue weighted by Crippen LogP contribution is 2.34. The summed E-state index contributed by atoms with van der Waals surface area (Å²) >= 11 is 2.01. The fourth-order valence-electron chi connectivity index (χ4n) is 3.91. The number of rotatable bonds is 16. The van der Waals surface area contributed by atoms with Crippen LogP contribution >= 0.6 is 22.9 Å². The molecule has 0 aromatic carbocycles. The van der Waals surface area contributed by atoms with E-state index in [4.69, 9.17) is 4.74 Å². The molecule has 0 saturated carbocycles. The van der Waals surface area contributed by atoms with E-state index in [0.29, 0.717) is 38.8 Å². The smallest absolute Gasteiger partial charge is 0.237 e. The molecule has 0 aliphatic rings. The molecule has 0 saturated heterocycles. The Kier molecular flexibility index (Phi) is 13.7. The molecule has 1 atom stereocenters. The zero-order valence-corrected chi connectivity index (χ0v) is 24.6. The van der Waals surface area contributed by atoms with E-state index in [9.17, 15) is 14.4 Å². The molecule has 0 aromatic rings. The monoisotopic (exact) mass is 581 g/mol. The van der Waals surface area contributed by atoms with Gasteiger partial charge in [-0.25, -0.2) is 3.53 Å². The molecule has 2 amide bonds. The molecular weight excluding hydrogens is 533 g/mol. The van der Waals surface area contributed by atoms with Crippen LogP contribution in [0.25, 0.3) is 0 Å². The van der Waals surface area contributed by atoms with Crippen molar-refractivity contribution in [2.75, 3.05) is 13.2 Å². The topological polar surface area (TPSA) is 96.5 Å². The van der Waals surface area contributed by atoms with Crippen LogP contribution in [0.3, 0.4) is 0 Å². The third kappa shape index (κ3) is 13.7. The molecule has 3 N–H and O–H groups in total. The van der Waals surface area contributed by atoms with E-state index in [1.165, 1.54) is 0 Å². The maximum absolute atomic E-state index is 13.0. The molecule has 0 rings (SSSR count). The van der Waals surface area contributed by atoms with Gasteiger partial charge >= 0.3 is 0 Å². The summed E-state index contributed by atoms with van der Waals surface area (Å²) in [6.07, 6.45) is 2.45. The maximum Gasteiger partial charge on any atom is 0.237 e. The van der Waals surface area contributed by atoms with Crippen molar-refractivity contribution in [1.82, 2.24) is 14.2 Å². The van der Waals surface area contributed by atoms with E-state index >= 15 is 0 Å². The van der Waals surface area contributed by atoms with Crippen LogP contribution in [0.2, 0.25) is 0 Å². The van der Waals surface area contributed by atoms with Crippen molar-refractivity contribution in [3.63, 3.8) is 0 Å². The van der Waals surface area contributed by atoms with E-state index < -0.39 is 11.0 Å². The Hall–Kier alpha value is -0.740. The second-order valence-corrected chi connectivity index (χ2v) is 12.4. The normalized spacial score (nSPS) is 13.8. The molecule has 0 fully saturated rings. The van der Waals surface area contributed by atoms with Crippen LogP contribution in [0.15, 0.2) is 0 Å². The van der Waals surface area contributed by atoms with Crippen molar-refractivity contribution >= 4 is 40.5 Å². The number of Topliss-reactive ketones (excluding diaryl/α,β-unsaturated/α-hetero) is 1. The predicted molar refractivity (Wildman–Crippen MR) is 143 cm³/mol. The molecule has 0 heterocycles. The zero-order chi connectivity index (χ0) is 26.0. The Morgan fingerprint density at radius 1 is 0.970 bits per heavy atom. The zero-order valence-electron chi connectivity index (χ0n) is 22.5. The highest BCUT2D eigenvalue weighted by molar-refractivity contribution is 14.1. The number of ketones is 1. The van der Waals surface area contributed by atoms with E-state index in [2.05, 4.69) is 28.0 Å². The molecule has 0 radical (unpaired) electrons. The molecule has 0 aliphatic heterocycles. The van der Waals surface area contributed by atoms with Gasteiger partial charge in [-0.3, -0.25) is 14.4 Å². The van der Waals surface area contributed by atoms with Gasteiger partial charge in [0.15, 0.2) is 0 Å². The average molecular weight is 582 g/mol. The van der Waals surface area contributed by atoms with Gasteiger partial charge in [0.1, 0.15) is 5.78 Å². The lowest BCUT2D eigenvalue weighted by atomic mass is 9.75. The lowest BCUT2D eigenvalue weighted by molar-refractivity contribution is -0.133. The first kappa shape index (κ1) is 32.3. The number of amides is 2. The predicted octanol–water partition coefficient (Wildman–Crippen LogP) is 4.57. The van der Waals surface area contributed by atoms with Gasteiger partial charge in [0.25, 0.3) is 0 Å². The van der Waals surface area contributed by atoms with Crippen LogP contribution in [0.4, 0.5) is 0 Å². The van der Waals surface area contributed by atoms with E-state index in [1.54, 1.807) is 0 Å². The van der Waals surface area contributed by atoms with Gasteiger partial charge in [-0.1, -0.05) is 41.5 Å². The first-order chi connectivity index (χ1) is 14.9. The highest BCUT2D eigenvalue weighted by atomic mass is 127. The van der Waals surface area contributed by atoms with Crippen LogP contribution in [-0.2, 0) is 19.1 Å². The average Bonchev–Trinajstić information content (AvgIpc) is 2.63. The van der Waals surface area contributed by atoms with E-state index in [1.807, 2.05) is 78.3 Å². The Morgan fingerprint density at radius 2 is 1.55 bits per heavy atom. The SMILES string of the molecule is CC(C)OCCC(C)(C)C(=O)NC(C)(C)CC(C)(C)CC(NI)C(=O)NCCC(=O)C(C)C. The molecular formula is C25H48IN3O4. The van der Waals surface area contributed by atoms with Gasteiger partial charge in [-0.05, 0) is 52.4 Å². The van der Waals surface area contributed by atoms with Gasteiger partial charge in [0.05, 0.1) is 12.1 Å². The minimum absolute atomic E-state index is 0.00628. The van der Waals surface area contributed by atoms with Crippen molar-refractivity contribution in [2.24, 2.45) is 16.7 Å². The number of hydrogen-bond donors (Lipinski definition) is 3. The quantitative estimate of drug-likeness (QED) is 0.183. The summed E-state index contributed by atoms with van der Waals surface area (Å²) in [7, 11) is 0. The van der Waals surface area contributed by atoms with Crippen molar-refractivity contribution in [1.29, 1.82) is 0 Å². The number of nitrogens with one attached hydrogen (secondary N) is 3. The summed E-state index contributed by atoms with van der Waals surface area (Å²) in [6.45, 7) is 20.8. The Balaban J connectivity index is 4.90. The molecule has 8 heteroatoms. The van der Waals surface area contributed by atoms with E-state index in [-0.39, 0.29) is 41.1 Å². The molecule has 194 valence electrons. The van der Waals surface area contributed by atoms with Gasteiger partial charge in [0, 0.05) is 59.3 Å². The minimum atomic E-state index is -0.532. The summed E-state index contributed by atoms with van der Waals surface area (Å²) in [5.41, 5.74) is -1.18.